The van der Waals surface area contributed by atoms with Crippen molar-refractivity contribution >= 4 is 20.1 Å². The van der Waals surface area contributed by atoms with E-state index in [1.807, 2.05) is 0 Å². The van der Waals surface area contributed by atoms with Crippen molar-refractivity contribution in [3.05, 3.63) is 41.2 Å². The van der Waals surface area contributed by atoms with Crippen LogP contribution in [0.1, 0.15) is 5.56 Å². The van der Waals surface area contributed by atoms with Crippen LogP contribution in [-0.4, -0.2) is 11.1 Å². The van der Waals surface area contributed by atoms with Gasteiger partial charge in [0.25, 0.3) is 5.31 Å². The van der Waals surface area contributed by atoms with Crippen molar-refractivity contribution in [3.63, 3.8) is 0 Å². The zero-order chi connectivity index (χ0) is 10.6. The van der Waals surface area contributed by atoms with Gasteiger partial charge in [-0.2, -0.15) is 0 Å². The lowest BCUT2D eigenvalue weighted by Gasteiger charge is -1.92. The van der Waals surface area contributed by atoms with Crippen LogP contribution in [0.4, 0.5) is 0 Å². The molecule has 1 rings (SSSR count). The fourth-order valence-electron chi connectivity index (χ4n) is 0.900. The molecule has 1 N–H and O–H groups in total. The summed E-state index contributed by atoms with van der Waals surface area (Å²) in [6.07, 6.45) is 1.12. The molecule has 0 heterocycles. The summed E-state index contributed by atoms with van der Waals surface area (Å²) in [6, 6.07) is 8.41. The number of aliphatic carboxylic acids is 1. The van der Waals surface area contributed by atoms with Crippen LogP contribution in [0.15, 0.2) is 35.6 Å². The highest BCUT2D eigenvalue weighted by Crippen LogP contribution is 2.25. The topological polar surface area (TPSA) is 77.4 Å². The predicted molar refractivity (Wildman–Crippen MR) is 49.7 cm³/mol. The number of carboxylic acids is 1. The van der Waals surface area contributed by atoms with Gasteiger partial charge in [0.15, 0.2) is 0 Å². The van der Waals surface area contributed by atoms with Crippen LogP contribution in [-0.2, 0) is 9.36 Å². The van der Waals surface area contributed by atoms with Gasteiger partial charge < -0.3 is 10.00 Å². The average molecular weight is 210 g/mol. The normalized spacial score (nSPS) is 12.4. The molecule has 0 saturated heterocycles. The third-order valence-electron chi connectivity index (χ3n) is 1.52. The summed E-state index contributed by atoms with van der Waals surface area (Å²) in [6.45, 7) is 0. The van der Waals surface area contributed by atoms with E-state index in [-0.39, 0.29) is 0 Å². The monoisotopic (exact) mass is 210 g/mol. The Bertz CT molecular complexity index is 367. The maximum atomic E-state index is 10.5. The van der Waals surface area contributed by atoms with Gasteiger partial charge in [0.1, 0.15) is 0 Å². The first-order chi connectivity index (χ1) is 6.61. The van der Waals surface area contributed by atoms with Gasteiger partial charge in [0.2, 0.25) is 0 Å². The molecule has 1 aromatic carbocycles. The molecular weight excluding hydrogens is 203 g/mol. The average Bonchev–Trinajstić information content (AvgIpc) is 2.15. The molecule has 0 aromatic heterocycles. The first-order valence-electron chi connectivity index (χ1n) is 3.75. The van der Waals surface area contributed by atoms with Crippen LogP contribution in [0.5, 0.6) is 0 Å². The summed E-state index contributed by atoms with van der Waals surface area (Å²) < 4.78 is 10.5. The summed E-state index contributed by atoms with van der Waals surface area (Å²) in [5.41, 5.74) is 0.545. The molecule has 0 fully saturated rings. The van der Waals surface area contributed by atoms with Gasteiger partial charge in [-0.15, -0.1) is 0 Å². The van der Waals surface area contributed by atoms with E-state index in [0.29, 0.717) is 5.56 Å². The van der Waals surface area contributed by atoms with Crippen molar-refractivity contribution in [3.8, 4) is 0 Å². The van der Waals surface area contributed by atoms with Crippen molar-refractivity contribution in [1.82, 2.24) is 0 Å². The van der Waals surface area contributed by atoms with Gasteiger partial charge in [0.05, 0.1) is 0 Å². The van der Waals surface area contributed by atoms with Gasteiger partial charge >= 0.3 is 14.0 Å². The van der Waals surface area contributed by atoms with Crippen molar-refractivity contribution < 1.29 is 19.4 Å². The molecule has 0 amide bonds. The molecule has 0 aliphatic carbocycles. The van der Waals surface area contributed by atoms with Crippen molar-refractivity contribution in [2.75, 3.05) is 0 Å². The lowest BCUT2D eigenvalue weighted by atomic mass is 10.2. The third kappa shape index (κ3) is 2.76. The lowest BCUT2D eigenvalue weighted by molar-refractivity contribution is -0.163. The molecule has 0 radical (unpaired) electrons. The Labute approximate surface area is 81.4 Å². The van der Waals surface area contributed by atoms with E-state index in [4.69, 9.17) is 5.11 Å². The SMILES string of the molecule is O=C(O)C(=Cc1ccccc1)[P+](=O)[O-]. The minimum Gasteiger partial charge on any atom is -0.591 e. The molecule has 14 heavy (non-hydrogen) atoms. The highest BCUT2D eigenvalue weighted by atomic mass is 31.1. The fourth-order valence-corrected chi connectivity index (χ4v) is 1.31. The molecule has 1 atom stereocenters. The Morgan fingerprint density at radius 1 is 1.36 bits per heavy atom. The number of benzene rings is 1. The van der Waals surface area contributed by atoms with E-state index in [9.17, 15) is 14.3 Å². The summed E-state index contributed by atoms with van der Waals surface area (Å²) in [5.74, 6) is -1.44. The quantitative estimate of drug-likeness (QED) is 0.600. The van der Waals surface area contributed by atoms with Gasteiger partial charge in [-0.25, -0.2) is 4.79 Å². The largest absolute Gasteiger partial charge is 0.591 e. The molecule has 4 nitrogen and oxygen atoms in total. The molecule has 1 unspecified atom stereocenters. The summed E-state index contributed by atoms with van der Waals surface area (Å²) >= 11 is 0. The molecule has 72 valence electrons. The van der Waals surface area contributed by atoms with Crippen LogP contribution in [0.2, 0.25) is 0 Å². The maximum absolute atomic E-state index is 10.5. The van der Waals surface area contributed by atoms with E-state index < -0.39 is 19.3 Å². The van der Waals surface area contributed by atoms with Crippen molar-refractivity contribution in [2.45, 2.75) is 0 Å². The fraction of sp³-hybridized carbons (Fsp3) is 0. The molecule has 0 spiro atoms. The maximum Gasteiger partial charge on any atom is 0.382 e. The van der Waals surface area contributed by atoms with E-state index in [1.165, 1.54) is 0 Å². The molecule has 0 saturated carbocycles. The first kappa shape index (κ1) is 10.6. The Balaban J connectivity index is 3.06. The Kier molecular flexibility index (Phi) is 3.51. The summed E-state index contributed by atoms with van der Waals surface area (Å²) in [5, 5.41) is 7.95. The summed E-state index contributed by atoms with van der Waals surface area (Å²) in [4.78, 5) is 21.0. The predicted octanol–water partition coefficient (Wildman–Crippen LogP) is 1.21. The second kappa shape index (κ2) is 4.65. The van der Waals surface area contributed by atoms with Gasteiger partial charge in [-0.3, -0.25) is 0 Å². The van der Waals surface area contributed by atoms with E-state index in [2.05, 4.69) is 0 Å². The van der Waals surface area contributed by atoms with Crippen molar-refractivity contribution in [2.24, 2.45) is 0 Å². The first-order valence-corrected chi connectivity index (χ1v) is 4.93. The van der Waals surface area contributed by atoms with Gasteiger partial charge in [-0.1, -0.05) is 34.9 Å². The highest BCUT2D eigenvalue weighted by Gasteiger charge is 2.20. The number of hydrogen-bond acceptors (Lipinski definition) is 3. The number of carbonyl (C=O) groups is 1. The second-order valence-corrected chi connectivity index (χ2v) is 3.50. The second-order valence-electron chi connectivity index (χ2n) is 2.50. The van der Waals surface area contributed by atoms with Crippen LogP contribution >= 0.6 is 8.03 Å². The van der Waals surface area contributed by atoms with Crippen LogP contribution in [0, 0.1) is 0 Å². The molecule has 0 aliphatic rings. The zero-order valence-corrected chi connectivity index (χ0v) is 7.98. The molecular formula is C9H7O4P. The Morgan fingerprint density at radius 3 is 2.36 bits per heavy atom. The lowest BCUT2D eigenvalue weighted by Crippen LogP contribution is -2.01. The number of hydrogen-bond donors (Lipinski definition) is 1. The van der Waals surface area contributed by atoms with E-state index in [1.54, 1.807) is 30.3 Å². The molecule has 0 aliphatic heterocycles. The molecule has 5 heteroatoms. The van der Waals surface area contributed by atoms with Crippen molar-refractivity contribution in [1.29, 1.82) is 0 Å². The minimum atomic E-state index is -3.07. The summed E-state index contributed by atoms with van der Waals surface area (Å²) in [7, 11) is -3.07. The van der Waals surface area contributed by atoms with E-state index in [0.717, 1.165) is 6.08 Å². The zero-order valence-electron chi connectivity index (χ0n) is 7.08. The smallest absolute Gasteiger partial charge is 0.382 e. The van der Waals surface area contributed by atoms with Crippen LogP contribution in [0.3, 0.4) is 0 Å². The van der Waals surface area contributed by atoms with Crippen LogP contribution in [0.25, 0.3) is 6.08 Å². The minimum absolute atomic E-state index is 0.545. The Hall–Kier alpha value is -1.51. The van der Waals surface area contributed by atoms with E-state index >= 15 is 0 Å². The third-order valence-corrected chi connectivity index (χ3v) is 2.23. The van der Waals surface area contributed by atoms with Gasteiger partial charge in [-0.05, 0) is 5.56 Å². The molecule has 0 bridgehead atoms. The molecule has 1 aromatic rings. The highest BCUT2D eigenvalue weighted by molar-refractivity contribution is 7.43. The Morgan fingerprint density at radius 2 is 1.93 bits per heavy atom. The number of rotatable bonds is 3. The number of carboxylic acid groups (broad SMARTS) is 1. The van der Waals surface area contributed by atoms with Crippen LogP contribution < -0.4 is 4.89 Å². The standard InChI is InChI=1S/C9H7O4P/c10-9(11)8(14(12)13)6-7-4-2-1-3-5-7/h1-6H,(H,10,11). The van der Waals surface area contributed by atoms with Gasteiger partial charge in [0, 0.05) is 6.08 Å².